The molecule has 6 aliphatic heterocycles. The van der Waals surface area contributed by atoms with Crippen LogP contribution in [0.1, 0.15) is 26.7 Å². The predicted molar refractivity (Wildman–Crippen MR) is 292 cm³/mol. The maximum atomic E-state index is 13.8. The zero-order chi connectivity index (χ0) is 71.9. The van der Waals surface area contributed by atoms with Gasteiger partial charge in [-0.15, -0.1) is 0 Å². The third-order valence-electron chi connectivity index (χ3n) is 16.9. The molecule has 0 aromatic heterocycles. The molecule has 0 spiro atoms. The van der Waals surface area contributed by atoms with Gasteiger partial charge in [-0.25, -0.2) is 9.59 Å². The second kappa shape index (κ2) is 34.9. The zero-order valence-electron chi connectivity index (χ0n) is 50.9. The summed E-state index contributed by atoms with van der Waals surface area (Å²) in [6.45, 7) is -7.95. The van der Waals surface area contributed by atoms with E-state index in [0.29, 0.717) is 0 Å². The first-order valence-corrected chi connectivity index (χ1v) is 29.8. The second-order valence-corrected chi connectivity index (χ2v) is 23.7. The molecule has 6 saturated heterocycles. The molecule has 0 aliphatic carbocycles. The number of amides is 2. The van der Waals surface area contributed by atoms with E-state index in [1.807, 2.05) is 0 Å². The van der Waals surface area contributed by atoms with Crippen molar-refractivity contribution in [3.8, 4) is 0 Å². The Balaban J connectivity index is 1.40. The van der Waals surface area contributed by atoms with E-state index in [1.54, 1.807) is 0 Å². The van der Waals surface area contributed by atoms with Crippen LogP contribution >= 0.6 is 0 Å². The van der Waals surface area contributed by atoms with Gasteiger partial charge in [0.1, 0.15) is 165 Å². The molecule has 6 fully saturated rings. The van der Waals surface area contributed by atoms with Crippen LogP contribution in [-0.2, 0) is 76.0 Å². The zero-order valence-corrected chi connectivity index (χ0v) is 50.9. The van der Waals surface area contributed by atoms with Gasteiger partial charge in [0.05, 0.1) is 71.1 Å². The third kappa shape index (κ3) is 18.0. The van der Waals surface area contributed by atoms with E-state index in [4.69, 9.17) is 56.8 Å². The molecule has 28 N–H and O–H groups in total. The molecule has 6 rings (SSSR count). The minimum absolute atomic E-state index is 0.775. The lowest BCUT2D eigenvalue weighted by Gasteiger charge is -2.52. The molecule has 0 bridgehead atoms. The highest BCUT2D eigenvalue weighted by atomic mass is 16.8. The lowest BCUT2D eigenvalue weighted by atomic mass is 9.89. The number of aliphatic hydroxyl groups excluding tert-OH is 24. The van der Waals surface area contributed by atoms with Crippen molar-refractivity contribution in [3.05, 3.63) is 0 Å². The van der Waals surface area contributed by atoms with Crippen LogP contribution in [0.25, 0.3) is 0 Å². The highest BCUT2D eigenvalue weighted by Crippen LogP contribution is 2.44. The van der Waals surface area contributed by atoms with E-state index in [1.165, 1.54) is 0 Å². The quantitative estimate of drug-likeness (QED) is 0.0306. The lowest BCUT2D eigenvalue weighted by Crippen LogP contribution is -2.71. The van der Waals surface area contributed by atoms with Gasteiger partial charge in [-0.2, -0.15) is 0 Å². The summed E-state index contributed by atoms with van der Waals surface area (Å²) < 4.78 is 68.6. The number of carbonyl (C=O) groups is 4. The van der Waals surface area contributed by atoms with Gasteiger partial charge in [-0.3, -0.25) is 9.59 Å². The van der Waals surface area contributed by atoms with Crippen molar-refractivity contribution in [2.45, 2.75) is 246 Å². The topological polar surface area (TPSA) is 729 Å². The molecule has 6 heterocycles. The number of hydrogen-bond donors (Lipinski definition) is 28. The second-order valence-electron chi connectivity index (χ2n) is 23.7. The van der Waals surface area contributed by atoms with E-state index in [2.05, 4.69) is 10.6 Å². The lowest BCUT2D eigenvalue weighted by molar-refractivity contribution is -0.409. The van der Waals surface area contributed by atoms with E-state index in [0.717, 1.165) is 13.8 Å². The summed E-state index contributed by atoms with van der Waals surface area (Å²) in [5.74, 6) is -13.3. The molecule has 96 heavy (non-hydrogen) atoms. The molecule has 0 unspecified atom stereocenters. The normalized spacial score (nSPS) is 43.4. The number of ether oxygens (including phenoxy) is 12. The fourth-order valence-corrected chi connectivity index (χ4v) is 11.6. The highest BCUT2D eigenvalue weighted by molar-refractivity contribution is 5.77. The molecular weight excluding hydrogens is 1320 g/mol. The highest BCUT2D eigenvalue weighted by Gasteiger charge is 2.64. The number of nitrogens with one attached hydrogen (secondary N) is 2. The maximum absolute atomic E-state index is 13.8. The van der Waals surface area contributed by atoms with Crippen LogP contribution < -0.4 is 10.6 Å². The van der Waals surface area contributed by atoms with Crippen molar-refractivity contribution in [2.75, 3.05) is 52.9 Å². The number of carboxylic acid groups (broad SMARTS) is 2. The van der Waals surface area contributed by atoms with Crippen molar-refractivity contribution >= 4 is 23.8 Å². The van der Waals surface area contributed by atoms with Crippen LogP contribution in [-0.4, -0.2) is 429 Å². The van der Waals surface area contributed by atoms with Gasteiger partial charge in [0.2, 0.25) is 11.8 Å². The predicted octanol–water partition coefficient (Wildman–Crippen LogP) is -17.9. The Kier molecular flexibility index (Phi) is 29.6. The Bertz CT molecular complexity index is 2470. The van der Waals surface area contributed by atoms with Gasteiger partial charge in [-0.05, 0) is 0 Å². The van der Waals surface area contributed by atoms with Crippen LogP contribution in [0.3, 0.4) is 0 Å². The first-order chi connectivity index (χ1) is 45.0. The maximum Gasteiger partial charge on any atom is 0.364 e. The first kappa shape index (κ1) is 81.4. The molecule has 0 saturated carbocycles. The molecule has 0 aromatic rings. The minimum Gasteiger partial charge on any atom is -0.477 e. The molecule has 0 aromatic carbocycles. The van der Waals surface area contributed by atoms with Crippen molar-refractivity contribution in [1.29, 1.82) is 0 Å². The Morgan fingerprint density at radius 1 is 0.479 bits per heavy atom. The molecule has 558 valence electrons. The summed E-state index contributed by atoms with van der Waals surface area (Å²) in [6.07, 6.45) is -76.7. The Morgan fingerprint density at radius 2 is 0.948 bits per heavy atom. The Labute approximate surface area is 541 Å². The molecule has 36 atom stereocenters. The fraction of sp³-hybridized carbons (Fsp3) is 0.923. The van der Waals surface area contributed by atoms with Crippen LogP contribution in [0.2, 0.25) is 0 Å². The monoisotopic (exact) mass is 1410 g/mol. The minimum atomic E-state index is -3.54. The van der Waals surface area contributed by atoms with E-state index in [9.17, 15) is 152 Å². The number of carbonyl (C=O) groups excluding carboxylic acids is 2. The summed E-state index contributed by atoms with van der Waals surface area (Å²) in [5.41, 5.74) is 0. The molecule has 6 aliphatic rings. The molecule has 0 radical (unpaired) electrons. The van der Waals surface area contributed by atoms with Crippen molar-refractivity contribution in [3.63, 3.8) is 0 Å². The molecule has 44 nitrogen and oxygen atoms in total. The standard InChI is InChI=1S/C52H88N2O42/c1-13(61)53-15(5-55)26(69)27(70)21(68)11-85-45-25(54-14(2)62)31(74)30(73)24(88-45)12-86-51(49(81)82)4-22(94-52(50(83)84)3-16(63)28(71)40(95-52)19(66)8-58)42(41(96-51)20(67)9-59)91-47-36(79)44(35(78)38(89-47)17(64)6-56)93-48-37(80)43(34(77)39(90-48)18(65)7-57)92-46-33(76)32(75)29(72)23(10-60)87-46/h15-48,55-60,63-80H,3-12H2,1-2H3,(H,53,61)(H,54,62)(H,81,82)(H,83,84)/t15-,16+,17-,18-,19+,20+,21+,22+,23+,24+,25+,26+,27+,28+,29+,30+,31+,32-,33+,34+,35+,36-,37-,38+,39+,40+,41+,42+,43-,44-,45+,46+,47+,48+,51+,52+/m0/s1. The van der Waals surface area contributed by atoms with Crippen molar-refractivity contribution in [2.24, 2.45) is 0 Å². The Hall–Kier alpha value is -3.56. The van der Waals surface area contributed by atoms with Gasteiger partial charge in [0, 0.05) is 26.7 Å². The smallest absolute Gasteiger partial charge is 0.364 e. The molecule has 44 heteroatoms. The average Bonchev–Trinajstić information content (AvgIpc) is 0.744. The third-order valence-corrected chi connectivity index (χ3v) is 16.9. The fourth-order valence-electron chi connectivity index (χ4n) is 11.6. The summed E-state index contributed by atoms with van der Waals surface area (Å²) in [4.78, 5) is 51.3. The van der Waals surface area contributed by atoms with Gasteiger partial charge in [-0.1, -0.05) is 0 Å². The number of hydrogen-bond acceptors (Lipinski definition) is 40. The van der Waals surface area contributed by atoms with Gasteiger partial charge in [0.15, 0.2) is 25.2 Å². The molecular formula is C52H88N2O42. The van der Waals surface area contributed by atoms with E-state index >= 15 is 0 Å². The van der Waals surface area contributed by atoms with Crippen LogP contribution in [0.5, 0.6) is 0 Å². The number of aliphatic hydroxyl groups is 24. The summed E-state index contributed by atoms with van der Waals surface area (Å²) in [5, 5.41) is 286. The van der Waals surface area contributed by atoms with E-state index in [-0.39, 0.29) is 0 Å². The summed E-state index contributed by atoms with van der Waals surface area (Å²) >= 11 is 0. The van der Waals surface area contributed by atoms with Gasteiger partial charge >= 0.3 is 11.9 Å². The van der Waals surface area contributed by atoms with Gasteiger partial charge in [0.25, 0.3) is 11.6 Å². The number of rotatable bonds is 31. The SMILES string of the molecule is CC(=O)N[C@H]1[C@H](OC[C@@H](O)[C@@H](O)[C@H](O)[C@H](CO)NC(C)=O)O[C@H](CO[C@]2(C(=O)O)C[C@@H](O[C@]3(C(=O)O)C[C@@H](O)[C@@H](O)[C@@H]([C@H](O)CO)O3)[C@@H](O[C@H]3O[C@H]([C@@H](O)CO)[C@@H](O)[C@H](O[C@H]4O[C@H]([C@@H](O)CO)[C@@H](O)[C@H](O[C@H]5O[C@H](CO)[C@@H](O)[C@H](O)[C@H]5O)[C@@H]4O)[C@@H]3O)[C@@H]([C@H](O)CO)O2)[C@@H](O)[C@@H]1O. The summed E-state index contributed by atoms with van der Waals surface area (Å²) in [7, 11) is 0. The largest absolute Gasteiger partial charge is 0.477 e. The van der Waals surface area contributed by atoms with Gasteiger partial charge < -0.3 is 200 Å². The van der Waals surface area contributed by atoms with Crippen molar-refractivity contribution in [1.82, 2.24) is 10.6 Å². The Morgan fingerprint density at radius 3 is 1.43 bits per heavy atom. The average molecular weight is 1410 g/mol. The molecule has 2 amide bonds. The van der Waals surface area contributed by atoms with Crippen molar-refractivity contribution < 1.29 is 209 Å². The van der Waals surface area contributed by atoms with Crippen LogP contribution in [0.15, 0.2) is 0 Å². The summed E-state index contributed by atoms with van der Waals surface area (Å²) in [6, 6.07) is -3.38. The van der Waals surface area contributed by atoms with Crippen LogP contribution in [0.4, 0.5) is 0 Å². The number of carboxylic acids is 2. The first-order valence-electron chi connectivity index (χ1n) is 29.8. The van der Waals surface area contributed by atoms with E-state index < -0.39 is 309 Å². The van der Waals surface area contributed by atoms with Crippen LogP contribution in [0, 0.1) is 0 Å². The number of aliphatic carboxylic acids is 2.